The number of fused-ring (bicyclic) bond motifs is 2. The van der Waals surface area contributed by atoms with Crippen LogP contribution in [0.1, 0.15) is 25.0 Å². The Bertz CT molecular complexity index is 1900. The van der Waals surface area contributed by atoms with Gasteiger partial charge in [0, 0.05) is 18.3 Å². The molecule has 0 saturated heterocycles. The third-order valence-corrected chi connectivity index (χ3v) is 8.94. The lowest BCUT2D eigenvalue weighted by atomic mass is 9.75. The second kappa shape index (κ2) is 6.92. The molecular formula is C35H27NO. The molecule has 0 radical (unpaired) electrons. The SMILES string of the molecule is CN1c2ccc(-c3ccc4ccc5cccc6ccc3c4c56)cc2C(C)(C)[C@@]12C=Cc1ccccc1O2. The highest BCUT2D eigenvalue weighted by atomic mass is 16.5. The van der Waals surface area contributed by atoms with Crippen LogP contribution in [0.5, 0.6) is 5.75 Å². The summed E-state index contributed by atoms with van der Waals surface area (Å²) in [7, 11) is 2.15. The number of hydrogen-bond donors (Lipinski definition) is 0. The normalized spacial score (nSPS) is 19.6. The average Bonchev–Trinajstić information content (AvgIpc) is 3.09. The van der Waals surface area contributed by atoms with Crippen molar-refractivity contribution in [3.05, 3.63) is 114 Å². The van der Waals surface area contributed by atoms with Crippen molar-refractivity contribution in [2.45, 2.75) is 25.0 Å². The minimum Gasteiger partial charge on any atom is -0.463 e. The van der Waals surface area contributed by atoms with Gasteiger partial charge in [-0.25, -0.2) is 0 Å². The molecule has 0 fully saturated rings. The first kappa shape index (κ1) is 20.8. The van der Waals surface area contributed by atoms with Crippen molar-refractivity contribution >= 4 is 44.1 Å². The summed E-state index contributed by atoms with van der Waals surface area (Å²) in [5.41, 5.74) is 5.33. The molecule has 37 heavy (non-hydrogen) atoms. The molecule has 6 aromatic carbocycles. The van der Waals surface area contributed by atoms with E-state index in [1.807, 2.05) is 6.07 Å². The van der Waals surface area contributed by atoms with Crippen molar-refractivity contribution in [2.24, 2.45) is 0 Å². The molecular weight excluding hydrogens is 450 g/mol. The Hall–Kier alpha value is -4.30. The van der Waals surface area contributed by atoms with Gasteiger partial charge in [0.15, 0.2) is 0 Å². The molecule has 1 spiro atoms. The van der Waals surface area contributed by atoms with Crippen LogP contribution < -0.4 is 9.64 Å². The van der Waals surface area contributed by atoms with Gasteiger partial charge in [-0.2, -0.15) is 0 Å². The van der Waals surface area contributed by atoms with Gasteiger partial charge in [-0.3, -0.25) is 0 Å². The highest BCUT2D eigenvalue weighted by Crippen LogP contribution is 2.55. The summed E-state index contributed by atoms with van der Waals surface area (Å²) >= 11 is 0. The van der Waals surface area contributed by atoms with Gasteiger partial charge in [0.1, 0.15) is 5.75 Å². The fourth-order valence-corrected chi connectivity index (χ4v) is 6.91. The molecule has 0 amide bonds. The lowest BCUT2D eigenvalue weighted by molar-refractivity contribution is 0.0582. The number of hydrogen-bond acceptors (Lipinski definition) is 2. The number of likely N-dealkylation sites (N-methyl/N-ethyl adjacent to an activating group) is 1. The summed E-state index contributed by atoms with van der Waals surface area (Å²) < 4.78 is 6.82. The first-order valence-corrected chi connectivity index (χ1v) is 13.0. The first-order valence-electron chi connectivity index (χ1n) is 13.0. The Morgan fingerprint density at radius 1 is 0.703 bits per heavy atom. The Kier molecular flexibility index (Phi) is 3.90. The largest absolute Gasteiger partial charge is 0.463 e. The smallest absolute Gasteiger partial charge is 0.211 e. The highest BCUT2D eigenvalue weighted by molar-refractivity contribution is 6.25. The molecule has 6 aromatic rings. The van der Waals surface area contributed by atoms with Gasteiger partial charge in [-0.1, -0.05) is 78.9 Å². The predicted octanol–water partition coefficient (Wildman–Crippen LogP) is 8.78. The van der Waals surface area contributed by atoms with Crippen LogP contribution in [0.4, 0.5) is 5.69 Å². The van der Waals surface area contributed by atoms with Crippen molar-refractivity contribution in [2.75, 3.05) is 11.9 Å². The number of para-hydroxylation sites is 1. The molecule has 8 rings (SSSR count). The van der Waals surface area contributed by atoms with Crippen LogP contribution in [0.25, 0.3) is 49.5 Å². The van der Waals surface area contributed by atoms with Crippen LogP contribution in [0.2, 0.25) is 0 Å². The van der Waals surface area contributed by atoms with E-state index < -0.39 is 5.72 Å². The molecule has 0 aliphatic carbocycles. The molecule has 2 heteroatoms. The van der Waals surface area contributed by atoms with Crippen LogP contribution in [0.15, 0.2) is 103 Å². The molecule has 0 unspecified atom stereocenters. The van der Waals surface area contributed by atoms with E-state index in [2.05, 4.69) is 129 Å². The van der Waals surface area contributed by atoms with Gasteiger partial charge in [0.05, 0.1) is 5.41 Å². The van der Waals surface area contributed by atoms with Crippen LogP contribution in [0, 0.1) is 0 Å². The molecule has 0 aromatic heterocycles. The lowest BCUT2D eigenvalue weighted by Gasteiger charge is -2.45. The molecule has 0 saturated carbocycles. The molecule has 2 heterocycles. The maximum absolute atomic E-state index is 6.82. The number of anilines is 1. The van der Waals surface area contributed by atoms with Crippen LogP contribution in [-0.4, -0.2) is 12.8 Å². The fraction of sp³-hybridized carbons (Fsp3) is 0.143. The fourth-order valence-electron chi connectivity index (χ4n) is 6.91. The zero-order valence-corrected chi connectivity index (χ0v) is 21.2. The monoisotopic (exact) mass is 477 g/mol. The molecule has 2 aliphatic rings. The lowest BCUT2D eigenvalue weighted by Crippen LogP contribution is -2.58. The van der Waals surface area contributed by atoms with E-state index in [1.165, 1.54) is 54.7 Å². The highest BCUT2D eigenvalue weighted by Gasteiger charge is 2.57. The Morgan fingerprint density at radius 2 is 1.43 bits per heavy atom. The van der Waals surface area contributed by atoms with Crippen molar-refractivity contribution < 1.29 is 4.74 Å². The standard InChI is InChI=1S/C35H27NO/c1-34(2)29-21-26(15-18-30(29)36(3)35(34)20-19-22-7-4-5-10-31(22)37-35)27-16-13-25-12-11-23-8-6-9-24-14-17-28(27)33(25)32(23)24/h4-21H,1-3H3/t35-/m0/s1. The maximum Gasteiger partial charge on any atom is 0.211 e. The van der Waals surface area contributed by atoms with Crippen molar-refractivity contribution in [3.63, 3.8) is 0 Å². The van der Waals surface area contributed by atoms with Crippen LogP contribution >= 0.6 is 0 Å². The summed E-state index contributed by atoms with van der Waals surface area (Å²) in [6.45, 7) is 4.61. The zero-order chi connectivity index (χ0) is 24.9. The zero-order valence-electron chi connectivity index (χ0n) is 21.2. The number of benzene rings is 6. The quantitative estimate of drug-likeness (QED) is 0.219. The molecule has 0 bridgehead atoms. The minimum atomic E-state index is -0.578. The van der Waals surface area contributed by atoms with Gasteiger partial charge in [-0.15, -0.1) is 0 Å². The summed E-state index contributed by atoms with van der Waals surface area (Å²) in [5.74, 6) is 0.935. The Labute approximate surface area is 216 Å². The summed E-state index contributed by atoms with van der Waals surface area (Å²) in [4.78, 5) is 2.31. The maximum atomic E-state index is 6.82. The van der Waals surface area contributed by atoms with Crippen molar-refractivity contribution in [1.29, 1.82) is 0 Å². The van der Waals surface area contributed by atoms with E-state index in [4.69, 9.17) is 4.74 Å². The van der Waals surface area contributed by atoms with E-state index >= 15 is 0 Å². The number of rotatable bonds is 1. The third-order valence-electron chi connectivity index (χ3n) is 8.94. The molecule has 2 aliphatic heterocycles. The third kappa shape index (κ3) is 2.55. The first-order chi connectivity index (χ1) is 18.0. The second-order valence-corrected chi connectivity index (χ2v) is 11.1. The topological polar surface area (TPSA) is 12.5 Å². The molecule has 178 valence electrons. The van der Waals surface area contributed by atoms with E-state index in [0.717, 1.165) is 11.3 Å². The number of nitrogens with zero attached hydrogens (tertiary/aromatic N) is 1. The predicted molar refractivity (Wildman–Crippen MR) is 156 cm³/mol. The van der Waals surface area contributed by atoms with Gasteiger partial charge < -0.3 is 9.64 Å². The van der Waals surface area contributed by atoms with Crippen molar-refractivity contribution in [3.8, 4) is 16.9 Å². The molecule has 2 nitrogen and oxygen atoms in total. The van der Waals surface area contributed by atoms with Crippen LogP contribution in [-0.2, 0) is 5.41 Å². The van der Waals surface area contributed by atoms with Crippen molar-refractivity contribution in [1.82, 2.24) is 0 Å². The van der Waals surface area contributed by atoms with E-state index in [0.29, 0.717) is 0 Å². The van der Waals surface area contributed by atoms with Gasteiger partial charge in [0.25, 0.3) is 0 Å². The Morgan fingerprint density at radius 3 is 2.27 bits per heavy atom. The van der Waals surface area contributed by atoms with E-state index in [9.17, 15) is 0 Å². The van der Waals surface area contributed by atoms with Gasteiger partial charge in [-0.05, 0) is 93.2 Å². The summed E-state index contributed by atoms with van der Waals surface area (Å²) in [5, 5.41) is 7.92. The van der Waals surface area contributed by atoms with Gasteiger partial charge >= 0.3 is 0 Å². The van der Waals surface area contributed by atoms with Crippen LogP contribution in [0.3, 0.4) is 0 Å². The minimum absolute atomic E-state index is 0.263. The summed E-state index contributed by atoms with van der Waals surface area (Å²) in [6.07, 6.45) is 4.45. The average molecular weight is 478 g/mol. The van der Waals surface area contributed by atoms with E-state index in [1.54, 1.807) is 0 Å². The van der Waals surface area contributed by atoms with Gasteiger partial charge in [0.2, 0.25) is 5.72 Å². The summed E-state index contributed by atoms with van der Waals surface area (Å²) in [6, 6.07) is 35.5. The molecule has 1 atom stereocenters. The molecule has 0 N–H and O–H groups in total. The Balaban J connectivity index is 1.32. The van der Waals surface area contributed by atoms with E-state index in [-0.39, 0.29) is 5.41 Å². The second-order valence-electron chi connectivity index (χ2n) is 11.1. The number of ether oxygens (including phenoxy) is 1.